The van der Waals surface area contributed by atoms with Gasteiger partial charge in [0.05, 0.1) is 17.1 Å². The molecule has 0 heterocycles. The van der Waals surface area contributed by atoms with Crippen LogP contribution >= 0.6 is 23.4 Å². The van der Waals surface area contributed by atoms with Crippen molar-refractivity contribution in [2.24, 2.45) is 0 Å². The van der Waals surface area contributed by atoms with Crippen molar-refractivity contribution in [2.45, 2.75) is 12.5 Å². The summed E-state index contributed by atoms with van der Waals surface area (Å²) in [4.78, 5) is 27.0. The molecule has 0 aliphatic carbocycles. The monoisotopic (exact) mass is 420 g/mol. The van der Waals surface area contributed by atoms with Crippen molar-refractivity contribution in [1.29, 1.82) is 0 Å². The van der Waals surface area contributed by atoms with E-state index >= 15 is 0 Å². The van der Waals surface area contributed by atoms with Crippen molar-refractivity contribution in [3.63, 3.8) is 0 Å². The van der Waals surface area contributed by atoms with Crippen LogP contribution in [-0.2, 0) is 4.79 Å². The van der Waals surface area contributed by atoms with E-state index < -0.39 is 6.04 Å². The van der Waals surface area contributed by atoms with Crippen molar-refractivity contribution in [3.8, 4) is 5.75 Å². The third-order valence-corrected chi connectivity index (χ3v) is 5.12. The number of rotatable bonds is 10. The van der Waals surface area contributed by atoms with Gasteiger partial charge in [-0.1, -0.05) is 41.9 Å². The molecule has 2 amide bonds. The SMILES string of the molecule is CSCCC(NC(=O)c1ccccc1Cl)C(=O)N(C)CCOc1ccccc1. The summed E-state index contributed by atoms with van der Waals surface area (Å²) in [7, 11) is 1.71. The zero-order chi connectivity index (χ0) is 20.4. The van der Waals surface area contributed by atoms with Gasteiger partial charge < -0.3 is 15.0 Å². The van der Waals surface area contributed by atoms with Crippen LogP contribution in [0.5, 0.6) is 5.75 Å². The highest BCUT2D eigenvalue weighted by Gasteiger charge is 2.24. The first-order chi connectivity index (χ1) is 13.5. The highest BCUT2D eigenvalue weighted by molar-refractivity contribution is 7.98. The Bertz CT molecular complexity index is 773. The predicted octanol–water partition coefficient (Wildman–Crippen LogP) is 3.73. The summed E-state index contributed by atoms with van der Waals surface area (Å²) in [6, 6.07) is 15.6. The molecule has 0 spiro atoms. The van der Waals surface area contributed by atoms with Crippen LogP contribution in [0.1, 0.15) is 16.8 Å². The Morgan fingerprint density at radius 2 is 1.82 bits per heavy atom. The zero-order valence-corrected chi connectivity index (χ0v) is 17.6. The molecule has 1 N–H and O–H groups in total. The van der Waals surface area contributed by atoms with Gasteiger partial charge in [0.2, 0.25) is 5.91 Å². The first-order valence-electron chi connectivity index (χ1n) is 9.00. The zero-order valence-electron chi connectivity index (χ0n) is 16.1. The third-order valence-electron chi connectivity index (χ3n) is 4.15. The maximum atomic E-state index is 12.9. The number of benzene rings is 2. The molecule has 1 unspecified atom stereocenters. The standard InChI is InChI=1S/C21H25ClN2O3S/c1-24(13-14-27-16-8-4-3-5-9-16)21(26)19(12-15-28-2)23-20(25)17-10-6-7-11-18(17)22/h3-11,19H,12-15H2,1-2H3,(H,23,25). The molecule has 0 saturated carbocycles. The molecule has 2 rings (SSSR count). The Labute approximate surface area is 175 Å². The molecule has 0 fully saturated rings. The Morgan fingerprint density at radius 1 is 1.14 bits per heavy atom. The summed E-state index contributed by atoms with van der Waals surface area (Å²) in [6.45, 7) is 0.797. The number of nitrogens with one attached hydrogen (secondary N) is 1. The van der Waals surface area contributed by atoms with Crippen LogP contribution in [0.2, 0.25) is 5.02 Å². The third kappa shape index (κ3) is 6.77. The normalized spacial score (nSPS) is 11.5. The minimum atomic E-state index is -0.613. The maximum Gasteiger partial charge on any atom is 0.253 e. The van der Waals surface area contributed by atoms with E-state index in [1.54, 1.807) is 48.0 Å². The number of ether oxygens (including phenoxy) is 1. The second-order valence-corrected chi connectivity index (χ2v) is 7.60. The lowest BCUT2D eigenvalue weighted by atomic mass is 10.1. The van der Waals surface area contributed by atoms with E-state index in [4.69, 9.17) is 16.3 Å². The topological polar surface area (TPSA) is 58.6 Å². The molecular formula is C21H25ClN2O3S. The molecule has 7 heteroatoms. The van der Waals surface area contributed by atoms with E-state index in [0.717, 1.165) is 11.5 Å². The molecule has 0 aromatic heterocycles. The second-order valence-electron chi connectivity index (χ2n) is 6.21. The minimum absolute atomic E-state index is 0.147. The van der Waals surface area contributed by atoms with Crippen LogP contribution in [-0.4, -0.2) is 55.0 Å². The molecule has 2 aromatic carbocycles. The van der Waals surface area contributed by atoms with Gasteiger partial charge in [-0.2, -0.15) is 11.8 Å². The number of hydrogen-bond acceptors (Lipinski definition) is 4. The smallest absolute Gasteiger partial charge is 0.253 e. The Balaban J connectivity index is 1.95. The van der Waals surface area contributed by atoms with E-state index in [9.17, 15) is 9.59 Å². The fourth-order valence-electron chi connectivity index (χ4n) is 2.57. The molecule has 1 atom stereocenters. The van der Waals surface area contributed by atoms with Gasteiger partial charge in [0, 0.05) is 7.05 Å². The van der Waals surface area contributed by atoms with E-state index in [0.29, 0.717) is 30.2 Å². The van der Waals surface area contributed by atoms with Crippen molar-refractivity contribution in [3.05, 3.63) is 65.2 Å². The lowest BCUT2D eigenvalue weighted by Gasteiger charge is -2.25. The number of para-hydroxylation sites is 1. The predicted molar refractivity (Wildman–Crippen MR) is 115 cm³/mol. The number of halogens is 1. The van der Waals surface area contributed by atoms with Gasteiger partial charge in [-0.15, -0.1) is 0 Å². The lowest BCUT2D eigenvalue weighted by molar-refractivity contribution is -0.132. The largest absolute Gasteiger partial charge is 0.492 e. The summed E-state index contributed by atoms with van der Waals surface area (Å²) >= 11 is 7.73. The average molecular weight is 421 g/mol. The summed E-state index contributed by atoms with van der Waals surface area (Å²) in [6.07, 6.45) is 2.51. The number of likely N-dealkylation sites (N-methyl/N-ethyl adjacent to an activating group) is 1. The summed E-state index contributed by atoms with van der Waals surface area (Å²) in [5.41, 5.74) is 0.362. The average Bonchev–Trinajstić information content (AvgIpc) is 2.71. The molecule has 5 nitrogen and oxygen atoms in total. The Hall–Kier alpha value is -2.18. The molecule has 150 valence electrons. The van der Waals surface area contributed by atoms with Crippen molar-refractivity contribution in [1.82, 2.24) is 10.2 Å². The minimum Gasteiger partial charge on any atom is -0.492 e. The maximum absolute atomic E-state index is 12.9. The number of nitrogens with zero attached hydrogens (tertiary/aromatic N) is 1. The van der Waals surface area contributed by atoms with E-state index in [-0.39, 0.29) is 11.8 Å². The number of carbonyl (C=O) groups is 2. The van der Waals surface area contributed by atoms with Gasteiger partial charge in [-0.3, -0.25) is 9.59 Å². The Morgan fingerprint density at radius 3 is 2.50 bits per heavy atom. The van der Waals surface area contributed by atoms with Gasteiger partial charge in [-0.05, 0) is 42.7 Å². The van der Waals surface area contributed by atoms with Gasteiger partial charge in [0.1, 0.15) is 18.4 Å². The fraction of sp³-hybridized carbons (Fsp3) is 0.333. The highest BCUT2D eigenvalue weighted by Crippen LogP contribution is 2.15. The number of thioether (sulfide) groups is 1. The van der Waals surface area contributed by atoms with E-state index in [2.05, 4.69) is 5.32 Å². The molecule has 0 saturated heterocycles. The fourth-order valence-corrected chi connectivity index (χ4v) is 3.26. The molecule has 2 aromatic rings. The molecule has 28 heavy (non-hydrogen) atoms. The number of amides is 2. The van der Waals surface area contributed by atoms with Crippen molar-refractivity contribution < 1.29 is 14.3 Å². The highest BCUT2D eigenvalue weighted by atomic mass is 35.5. The summed E-state index contributed by atoms with van der Waals surface area (Å²) in [5, 5.41) is 3.19. The number of carbonyl (C=O) groups excluding carboxylic acids is 2. The quantitative estimate of drug-likeness (QED) is 0.636. The molecule has 0 radical (unpaired) electrons. The van der Waals surface area contributed by atoms with Gasteiger partial charge >= 0.3 is 0 Å². The van der Waals surface area contributed by atoms with Gasteiger partial charge in [0.15, 0.2) is 0 Å². The first-order valence-corrected chi connectivity index (χ1v) is 10.8. The van der Waals surface area contributed by atoms with Crippen LogP contribution in [0.15, 0.2) is 54.6 Å². The van der Waals surface area contributed by atoms with Crippen LogP contribution in [0, 0.1) is 0 Å². The summed E-state index contributed by atoms with van der Waals surface area (Å²) in [5.74, 6) is 1.02. The van der Waals surface area contributed by atoms with Crippen LogP contribution in [0.4, 0.5) is 0 Å². The van der Waals surface area contributed by atoms with Crippen molar-refractivity contribution in [2.75, 3.05) is 32.2 Å². The van der Waals surface area contributed by atoms with Crippen LogP contribution in [0.3, 0.4) is 0 Å². The van der Waals surface area contributed by atoms with Gasteiger partial charge in [-0.25, -0.2) is 0 Å². The van der Waals surface area contributed by atoms with Crippen molar-refractivity contribution >= 4 is 35.2 Å². The van der Waals surface area contributed by atoms with E-state index in [1.165, 1.54) is 0 Å². The van der Waals surface area contributed by atoms with E-state index in [1.807, 2.05) is 36.6 Å². The Kier molecular flexibility index (Phi) is 9.17. The molecule has 0 aliphatic rings. The summed E-state index contributed by atoms with van der Waals surface area (Å²) < 4.78 is 5.65. The first kappa shape index (κ1) is 22.1. The second kappa shape index (κ2) is 11.6. The van der Waals surface area contributed by atoms with Crippen LogP contribution < -0.4 is 10.1 Å². The van der Waals surface area contributed by atoms with Gasteiger partial charge in [0.25, 0.3) is 5.91 Å². The van der Waals surface area contributed by atoms with Crippen LogP contribution in [0.25, 0.3) is 0 Å². The lowest BCUT2D eigenvalue weighted by Crippen LogP contribution is -2.48. The molecular weight excluding hydrogens is 396 g/mol. The number of hydrogen-bond donors (Lipinski definition) is 1. The molecule has 0 aliphatic heterocycles. The molecule has 0 bridgehead atoms.